The van der Waals surface area contributed by atoms with E-state index in [4.69, 9.17) is 34.8 Å². The molecule has 0 atom stereocenters. The number of hydrogen-bond acceptors (Lipinski definition) is 3. The van der Waals surface area contributed by atoms with E-state index in [0.717, 1.165) is 12.1 Å². The van der Waals surface area contributed by atoms with E-state index in [9.17, 15) is 14.9 Å². The van der Waals surface area contributed by atoms with Crippen LogP contribution in [-0.4, -0.2) is 10.2 Å². The fraction of sp³-hybridized carbons (Fsp3) is 0. The van der Waals surface area contributed by atoms with Gasteiger partial charge < -0.3 is 0 Å². The Kier molecular flexibility index (Phi) is 3.31. The second kappa shape index (κ2) is 4.13. The van der Waals surface area contributed by atoms with Gasteiger partial charge in [-0.05, 0) is 11.6 Å². The summed E-state index contributed by atoms with van der Waals surface area (Å²) in [7, 11) is 0. The highest BCUT2D eigenvalue weighted by molar-refractivity contribution is 6.70. The van der Waals surface area contributed by atoms with Crippen molar-refractivity contribution in [2.75, 3.05) is 0 Å². The molecule has 0 heterocycles. The number of benzene rings is 1. The lowest BCUT2D eigenvalue weighted by Gasteiger charge is -2.01. The second-order valence-corrected chi connectivity index (χ2v) is 3.47. The standard InChI is InChI=1S/C7H2Cl3NO3/c8-4-1-3(11(13)14)2-5(9)6(4)7(10)12/h1-2H. The number of rotatable bonds is 2. The molecule has 74 valence electrons. The molecule has 0 saturated heterocycles. The lowest BCUT2D eigenvalue weighted by atomic mass is 10.2. The molecule has 0 saturated carbocycles. The maximum absolute atomic E-state index is 10.8. The molecule has 1 aromatic carbocycles. The molecule has 0 aliphatic heterocycles. The largest absolute Gasteiger partial charge is 0.275 e. The van der Waals surface area contributed by atoms with Crippen molar-refractivity contribution in [3.63, 3.8) is 0 Å². The van der Waals surface area contributed by atoms with E-state index in [2.05, 4.69) is 0 Å². The molecule has 0 unspecified atom stereocenters. The topological polar surface area (TPSA) is 60.2 Å². The molecule has 4 nitrogen and oxygen atoms in total. The molecular weight excluding hydrogens is 252 g/mol. The summed E-state index contributed by atoms with van der Waals surface area (Å²) in [5.74, 6) is 0. The smallest absolute Gasteiger partial charge is 0.272 e. The second-order valence-electron chi connectivity index (χ2n) is 2.32. The minimum Gasteiger partial charge on any atom is -0.275 e. The average Bonchev–Trinajstić information content (AvgIpc) is 2.01. The van der Waals surface area contributed by atoms with E-state index in [-0.39, 0.29) is 21.3 Å². The zero-order valence-electron chi connectivity index (χ0n) is 6.46. The van der Waals surface area contributed by atoms with E-state index in [1.165, 1.54) is 0 Å². The van der Waals surface area contributed by atoms with Crippen LogP contribution >= 0.6 is 34.8 Å². The number of carbonyl (C=O) groups is 1. The summed E-state index contributed by atoms with van der Waals surface area (Å²) < 4.78 is 0. The van der Waals surface area contributed by atoms with Crippen LogP contribution in [0.2, 0.25) is 10.0 Å². The van der Waals surface area contributed by atoms with Crippen molar-refractivity contribution in [1.29, 1.82) is 0 Å². The molecule has 7 heteroatoms. The number of nitrogens with zero attached hydrogens (tertiary/aromatic N) is 1. The summed E-state index contributed by atoms with van der Waals surface area (Å²) in [6, 6.07) is 2.03. The van der Waals surface area contributed by atoms with Gasteiger partial charge in [0.25, 0.3) is 10.9 Å². The third-order valence-electron chi connectivity index (χ3n) is 1.43. The van der Waals surface area contributed by atoms with Crippen LogP contribution < -0.4 is 0 Å². The fourth-order valence-corrected chi connectivity index (χ4v) is 1.80. The first-order valence-electron chi connectivity index (χ1n) is 3.26. The number of halogens is 3. The number of nitro benzene ring substituents is 1. The highest BCUT2D eigenvalue weighted by Crippen LogP contribution is 2.31. The summed E-state index contributed by atoms with van der Waals surface area (Å²) in [5.41, 5.74) is -0.415. The van der Waals surface area contributed by atoms with Gasteiger partial charge in [-0.2, -0.15) is 0 Å². The summed E-state index contributed by atoms with van der Waals surface area (Å²) in [6.45, 7) is 0. The van der Waals surface area contributed by atoms with Gasteiger partial charge in [0, 0.05) is 12.1 Å². The predicted molar refractivity (Wildman–Crippen MR) is 53.3 cm³/mol. The summed E-state index contributed by atoms with van der Waals surface area (Å²) in [4.78, 5) is 20.5. The Hall–Kier alpha value is -0.840. The first kappa shape index (κ1) is 11.2. The van der Waals surface area contributed by atoms with Crippen LogP contribution in [0.25, 0.3) is 0 Å². The van der Waals surface area contributed by atoms with Crippen molar-refractivity contribution < 1.29 is 9.72 Å². The van der Waals surface area contributed by atoms with Crippen molar-refractivity contribution in [3.8, 4) is 0 Å². The SMILES string of the molecule is O=C(Cl)c1c(Cl)cc([N+](=O)[O-])cc1Cl. The lowest BCUT2D eigenvalue weighted by Crippen LogP contribution is -1.95. The number of carbonyl (C=O) groups excluding carboxylic acids is 1. The van der Waals surface area contributed by atoms with Gasteiger partial charge in [0.2, 0.25) is 0 Å². The molecule has 0 aromatic heterocycles. The first-order valence-corrected chi connectivity index (χ1v) is 4.40. The normalized spacial score (nSPS) is 9.93. The van der Waals surface area contributed by atoms with Crippen LogP contribution in [0, 0.1) is 10.1 Å². The highest BCUT2D eigenvalue weighted by atomic mass is 35.5. The third kappa shape index (κ3) is 2.15. The molecule has 0 radical (unpaired) electrons. The van der Waals surface area contributed by atoms with Crippen molar-refractivity contribution >= 4 is 45.7 Å². The van der Waals surface area contributed by atoms with Crippen LogP contribution in [0.4, 0.5) is 5.69 Å². The number of non-ortho nitro benzene ring substituents is 1. The van der Waals surface area contributed by atoms with Crippen LogP contribution in [0.5, 0.6) is 0 Å². The number of nitro groups is 1. The molecule has 0 fully saturated rings. The molecular formula is C7H2Cl3NO3. The van der Waals surface area contributed by atoms with Crippen LogP contribution in [0.3, 0.4) is 0 Å². The minimum atomic E-state index is -0.852. The van der Waals surface area contributed by atoms with Gasteiger partial charge in [0.15, 0.2) is 0 Å². The zero-order valence-corrected chi connectivity index (χ0v) is 8.73. The molecule has 14 heavy (non-hydrogen) atoms. The molecule has 0 bridgehead atoms. The van der Waals surface area contributed by atoms with Gasteiger partial charge in [-0.1, -0.05) is 23.2 Å². The minimum absolute atomic E-state index is 0.124. The molecule has 0 aliphatic rings. The zero-order chi connectivity index (χ0) is 10.9. The summed E-state index contributed by atoms with van der Waals surface area (Å²) >= 11 is 16.3. The Bertz CT molecular complexity index is 396. The van der Waals surface area contributed by atoms with E-state index in [1.54, 1.807) is 0 Å². The van der Waals surface area contributed by atoms with E-state index >= 15 is 0 Å². The fourth-order valence-electron chi connectivity index (χ4n) is 0.853. The summed E-state index contributed by atoms with van der Waals surface area (Å²) in [5, 5.41) is 9.23. The van der Waals surface area contributed by atoms with Gasteiger partial charge in [-0.3, -0.25) is 14.9 Å². The molecule has 1 rings (SSSR count). The first-order chi connectivity index (χ1) is 6.43. The van der Waals surface area contributed by atoms with Crippen LogP contribution in [-0.2, 0) is 0 Å². The van der Waals surface area contributed by atoms with E-state index in [0.29, 0.717) is 0 Å². The van der Waals surface area contributed by atoms with Crippen LogP contribution in [0.1, 0.15) is 10.4 Å². The van der Waals surface area contributed by atoms with Crippen molar-refractivity contribution in [3.05, 3.63) is 37.9 Å². The van der Waals surface area contributed by atoms with Crippen molar-refractivity contribution in [2.24, 2.45) is 0 Å². The van der Waals surface area contributed by atoms with Gasteiger partial charge >= 0.3 is 0 Å². The van der Waals surface area contributed by atoms with Gasteiger partial charge in [-0.25, -0.2) is 0 Å². The number of hydrogen-bond donors (Lipinski definition) is 0. The Morgan fingerprint density at radius 1 is 1.29 bits per heavy atom. The van der Waals surface area contributed by atoms with Crippen molar-refractivity contribution in [1.82, 2.24) is 0 Å². The Morgan fingerprint density at radius 3 is 2.00 bits per heavy atom. The maximum atomic E-state index is 10.8. The Balaban J connectivity index is 3.39. The molecule has 0 aliphatic carbocycles. The van der Waals surface area contributed by atoms with Gasteiger partial charge in [0.05, 0.1) is 20.5 Å². The Labute approximate surface area is 93.5 Å². The van der Waals surface area contributed by atoms with Crippen LogP contribution in [0.15, 0.2) is 12.1 Å². The van der Waals surface area contributed by atoms with Crippen molar-refractivity contribution in [2.45, 2.75) is 0 Å². The molecule has 1 aromatic rings. The molecule has 0 N–H and O–H groups in total. The van der Waals surface area contributed by atoms with E-state index < -0.39 is 10.2 Å². The monoisotopic (exact) mass is 253 g/mol. The highest BCUT2D eigenvalue weighted by Gasteiger charge is 2.18. The average molecular weight is 254 g/mol. The summed E-state index contributed by atoms with van der Waals surface area (Å²) in [6.07, 6.45) is 0. The lowest BCUT2D eigenvalue weighted by molar-refractivity contribution is -0.384. The molecule has 0 spiro atoms. The Morgan fingerprint density at radius 2 is 1.71 bits per heavy atom. The molecule has 0 amide bonds. The van der Waals surface area contributed by atoms with Gasteiger partial charge in [-0.15, -0.1) is 0 Å². The van der Waals surface area contributed by atoms with E-state index in [1.807, 2.05) is 0 Å². The maximum Gasteiger partial charge on any atom is 0.272 e. The quantitative estimate of drug-likeness (QED) is 0.462. The third-order valence-corrected chi connectivity index (χ3v) is 2.22. The van der Waals surface area contributed by atoms with Gasteiger partial charge in [0.1, 0.15) is 0 Å². The predicted octanol–water partition coefficient (Wildman–Crippen LogP) is 3.28.